The van der Waals surface area contributed by atoms with Crippen molar-refractivity contribution in [2.45, 2.75) is 6.42 Å². The number of carboxylic acid groups (broad SMARTS) is 1. The molecule has 1 N–H and O–H groups in total. The number of aromatic carboxylic acids is 1. The Kier molecular flexibility index (Phi) is 3.02. The van der Waals surface area contributed by atoms with Gasteiger partial charge in [-0.1, -0.05) is 6.07 Å². The fourth-order valence-corrected chi connectivity index (χ4v) is 2.00. The van der Waals surface area contributed by atoms with Crippen molar-refractivity contribution in [3.05, 3.63) is 29.6 Å². The average molecular weight is 247 g/mol. The van der Waals surface area contributed by atoms with E-state index in [1.54, 1.807) is 0 Å². The first-order valence-corrected chi connectivity index (χ1v) is 5.33. The number of hydrogen-bond acceptors (Lipinski definition) is 2. The third kappa shape index (κ3) is 1.93. The predicted octanol–water partition coefficient (Wildman–Crippen LogP) is 1.51. The van der Waals surface area contributed by atoms with Crippen molar-refractivity contribution in [2.24, 2.45) is 5.92 Å². The highest BCUT2D eigenvalue weighted by Gasteiger charge is 2.32. The Labute approximate surface area is 103 Å². The number of nitrogens with zero attached hydrogens (tertiary/aromatic N) is 1. The van der Waals surface area contributed by atoms with Gasteiger partial charge in [-0.15, -0.1) is 12.3 Å². The molecule has 1 aliphatic heterocycles. The van der Waals surface area contributed by atoms with E-state index in [0.717, 1.165) is 6.07 Å². The minimum Gasteiger partial charge on any atom is -0.478 e. The van der Waals surface area contributed by atoms with Crippen LogP contribution in [-0.4, -0.2) is 23.5 Å². The van der Waals surface area contributed by atoms with Crippen molar-refractivity contribution in [3.63, 3.8) is 0 Å². The number of benzene rings is 1. The Morgan fingerprint density at radius 1 is 1.56 bits per heavy atom. The number of halogens is 1. The summed E-state index contributed by atoms with van der Waals surface area (Å²) in [4.78, 5) is 24.0. The van der Waals surface area contributed by atoms with Gasteiger partial charge in [-0.2, -0.15) is 0 Å². The molecule has 5 heteroatoms. The fraction of sp³-hybridized carbons (Fsp3) is 0.231. The van der Waals surface area contributed by atoms with Gasteiger partial charge >= 0.3 is 5.97 Å². The van der Waals surface area contributed by atoms with Gasteiger partial charge in [0.2, 0.25) is 5.91 Å². The van der Waals surface area contributed by atoms with Crippen LogP contribution >= 0.6 is 0 Å². The van der Waals surface area contributed by atoms with Crippen molar-refractivity contribution >= 4 is 17.6 Å². The van der Waals surface area contributed by atoms with Crippen molar-refractivity contribution < 1.29 is 19.1 Å². The van der Waals surface area contributed by atoms with Crippen LogP contribution in [0.1, 0.15) is 16.8 Å². The minimum absolute atomic E-state index is 0.0604. The first-order valence-electron chi connectivity index (χ1n) is 5.33. The van der Waals surface area contributed by atoms with E-state index < -0.39 is 17.3 Å². The number of hydrogen-bond donors (Lipinski definition) is 1. The van der Waals surface area contributed by atoms with Gasteiger partial charge in [0.1, 0.15) is 11.4 Å². The van der Waals surface area contributed by atoms with Gasteiger partial charge in [0.05, 0.1) is 5.69 Å². The number of terminal acetylenes is 1. The van der Waals surface area contributed by atoms with Crippen LogP contribution in [0.4, 0.5) is 10.1 Å². The van der Waals surface area contributed by atoms with E-state index in [1.807, 2.05) is 0 Å². The number of carboxylic acids is 1. The maximum absolute atomic E-state index is 13.5. The molecule has 1 aromatic carbocycles. The molecule has 1 aromatic rings. The molecule has 1 aliphatic rings. The van der Waals surface area contributed by atoms with Crippen LogP contribution in [0.2, 0.25) is 0 Å². The van der Waals surface area contributed by atoms with Crippen LogP contribution in [0.25, 0.3) is 0 Å². The second-order valence-corrected chi connectivity index (χ2v) is 4.01. The molecule has 0 bridgehead atoms. The van der Waals surface area contributed by atoms with E-state index in [2.05, 4.69) is 5.92 Å². The van der Waals surface area contributed by atoms with Crippen LogP contribution in [0.5, 0.6) is 0 Å². The van der Waals surface area contributed by atoms with Crippen LogP contribution in [-0.2, 0) is 4.79 Å². The molecule has 18 heavy (non-hydrogen) atoms. The molecule has 4 nitrogen and oxygen atoms in total. The largest absolute Gasteiger partial charge is 0.478 e. The highest BCUT2D eigenvalue weighted by atomic mass is 19.1. The molecule has 1 amide bonds. The molecular weight excluding hydrogens is 237 g/mol. The number of carbonyl (C=O) groups is 2. The van der Waals surface area contributed by atoms with E-state index in [1.165, 1.54) is 17.0 Å². The zero-order valence-electron chi connectivity index (χ0n) is 9.39. The van der Waals surface area contributed by atoms with Gasteiger partial charge in [-0.25, -0.2) is 9.18 Å². The number of anilines is 1. The second-order valence-electron chi connectivity index (χ2n) is 4.01. The quantitative estimate of drug-likeness (QED) is 0.806. The Morgan fingerprint density at radius 2 is 2.28 bits per heavy atom. The molecule has 0 aliphatic carbocycles. The van der Waals surface area contributed by atoms with E-state index in [0.29, 0.717) is 0 Å². The van der Waals surface area contributed by atoms with Gasteiger partial charge in [0, 0.05) is 18.9 Å². The Morgan fingerprint density at radius 3 is 2.83 bits per heavy atom. The summed E-state index contributed by atoms with van der Waals surface area (Å²) in [6.45, 7) is 0.221. The lowest BCUT2D eigenvalue weighted by molar-refractivity contribution is -0.117. The lowest BCUT2D eigenvalue weighted by Crippen LogP contribution is -2.27. The Hall–Kier alpha value is -2.35. The van der Waals surface area contributed by atoms with Crippen molar-refractivity contribution in [1.82, 2.24) is 0 Å². The van der Waals surface area contributed by atoms with Crippen molar-refractivity contribution in [1.29, 1.82) is 0 Å². The highest BCUT2D eigenvalue weighted by Crippen LogP contribution is 2.29. The van der Waals surface area contributed by atoms with Gasteiger partial charge < -0.3 is 10.0 Å². The molecule has 1 unspecified atom stereocenters. The first-order chi connectivity index (χ1) is 8.54. The molecule has 0 aromatic heterocycles. The van der Waals surface area contributed by atoms with Crippen LogP contribution < -0.4 is 4.90 Å². The van der Waals surface area contributed by atoms with E-state index in [-0.39, 0.29) is 30.5 Å². The lowest BCUT2D eigenvalue weighted by Gasteiger charge is -2.18. The summed E-state index contributed by atoms with van der Waals surface area (Å²) >= 11 is 0. The van der Waals surface area contributed by atoms with Crippen molar-refractivity contribution in [2.75, 3.05) is 11.4 Å². The summed E-state index contributed by atoms with van der Waals surface area (Å²) in [5, 5.41) is 9.00. The normalized spacial score (nSPS) is 18.8. The summed E-state index contributed by atoms with van der Waals surface area (Å²) < 4.78 is 13.5. The van der Waals surface area contributed by atoms with E-state index in [4.69, 9.17) is 11.5 Å². The monoisotopic (exact) mass is 247 g/mol. The first kappa shape index (κ1) is 12.1. The van der Waals surface area contributed by atoms with Gasteiger partial charge in [-0.3, -0.25) is 4.79 Å². The van der Waals surface area contributed by atoms with E-state index >= 15 is 0 Å². The molecule has 1 heterocycles. The molecule has 1 saturated heterocycles. The summed E-state index contributed by atoms with van der Waals surface area (Å²) in [6, 6.07) is 3.82. The summed E-state index contributed by atoms with van der Waals surface area (Å²) in [5.41, 5.74) is -0.436. The van der Waals surface area contributed by atoms with Crippen molar-refractivity contribution in [3.8, 4) is 12.3 Å². The maximum atomic E-state index is 13.5. The highest BCUT2D eigenvalue weighted by molar-refractivity contribution is 6.03. The second kappa shape index (κ2) is 4.49. The SMILES string of the molecule is C#CC1CC(=O)N(c2cccc(F)c2C(=O)O)C1. The van der Waals surface area contributed by atoms with Crippen LogP contribution in [0, 0.1) is 24.1 Å². The topological polar surface area (TPSA) is 57.6 Å². The number of carbonyl (C=O) groups excluding carboxylic acids is 1. The fourth-order valence-electron chi connectivity index (χ4n) is 2.00. The summed E-state index contributed by atoms with van der Waals surface area (Å²) in [7, 11) is 0. The molecule has 1 atom stereocenters. The Bertz CT molecular complexity index is 562. The number of amides is 1. The van der Waals surface area contributed by atoms with Gasteiger partial charge in [-0.05, 0) is 12.1 Å². The van der Waals surface area contributed by atoms with Crippen LogP contribution in [0.15, 0.2) is 18.2 Å². The molecule has 2 rings (SSSR count). The zero-order chi connectivity index (χ0) is 13.3. The Balaban J connectivity index is 2.47. The van der Waals surface area contributed by atoms with E-state index in [9.17, 15) is 14.0 Å². The third-order valence-corrected chi connectivity index (χ3v) is 2.86. The predicted molar refractivity (Wildman–Crippen MR) is 62.7 cm³/mol. The number of rotatable bonds is 2. The molecule has 0 spiro atoms. The zero-order valence-corrected chi connectivity index (χ0v) is 9.39. The standard InChI is InChI=1S/C13H10FNO3/c1-2-8-6-11(16)15(7-8)10-5-3-4-9(14)12(10)13(17)18/h1,3-5,8H,6-7H2,(H,17,18). The molecule has 0 radical (unpaired) electrons. The molecule has 92 valence electrons. The van der Waals surface area contributed by atoms with Gasteiger partial charge in [0.25, 0.3) is 0 Å². The molecule has 0 saturated carbocycles. The van der Waals surface area contributed by atoms with Crippen LogP contribution in [0.3, 0.4) is 0 Å². The summed E-state index contributed by atoms with van der Waals surface area (Å²) in [6.07, 6.45) is 5.40. The molecule has 1 fully saturated rings. The summed E-state index contributed by atoms with van der Waals surface area (Å²) in [5.74, 6) is -0.361. The maximum Gasteiger partial charge on any atom is 0.340 e. The minimum atomic E-state index is -1.40. The lowest BCUT2D eigenvalue weighted by atomic mass is 10.1. The third-order valence-electron chi connectivity index (χ3n) is 2.86. The average Bonchev–Trinajstić information content (AvgIpc) is 2.69. The molecular formula is C13H10FNO3. The van der Waals surface area contributed by atoms with Gasteiger partial charge in [0.15, 0.2) is 0 Å². The smallest absolute Gasteiger partial charge is 0.340 e.